The number of nitrogens with one attached hydrogen (secondary N) is 1. The molecule has 1 unspecified atom stereocenters. The molecule has 0 saturated carbocycles. The van der Waals surface area contributed by atoms with Crippen molar-refractivity contribution in [3.8, 4) is 5.75 Å². The Bertz CT molecular complexity index is 754. The maximum absolute atomic E-state index is 12.4. The minimum absolute atomic E-state index is 0.114. The Hall–Kier alpha value is -2.33. The lowest BCUT2D eigenvalue weighted by molar-refractivity contribution is -0.121. The van der Waals surface area contributed by atoms with Gasteiger partial charge in [0.2, 0.25) is 5.91 Å². The molecule has 1 heterocycles. The molecule has 27 heavy (non-hydrogen) atoms. The number of hydrogen-bond donors (Lipinski definition) is 1. The zero-order chi connectivity index (χ0) is 19.1. The Morgan fingerprint density at radius 2 is 1.93 bits per heavy atom. The van der Waals surface area contributed by atoms with Gasteiger partial charge in [0.05, 0.1) is 13.2 Å². The van der Waals surface area contributed by atoms with Gasteiger partial charge < -0.3 is 10.1 Å². The summed E-state index contributed by atoms with van der Waals surface area (Å²) in [6.45, 7) is 4.89. The Kier molecular flexibility index (Phi) is 6.88. The Morgan fingerprint density at radius 3 is 2.67 bits per heavy atom. The molecule has 2 aromatic carbocycles. The first-order valence-corrected chi connectivity index (χ1v) is 9.86. The van der Waals surface area contributed by atoms with Crippen molar-refractivity contribution >= 4 is 5.91 Å². The van der Waals surface area contributed by atoms with E-state index >= 15 is 0 Å². The molecule has 0 bridgehead atoms. The number of amides is 1. The third kappa shape index (κ3) is 5.57. The summed E-state index contributed by atoms with van der Waals surface area (Å²) in [5, 5.41) is 3.16. The van der Waals surface area contributed by atoms with Crippen molar-refractivity contribution in [3.63, 3.8) is 0 Å². The van der Waals surface area contributed by atoms with Gasteiger partial charge in [0, 0.05) is 13.0 Å². The molecule has 144 valence electrons. The van der Waals surface area contributed by atoms with E-state index in [-0.39, 0.29) is 11.9 Å². The van der Waals surface area contributed by atoms with E-state index in [1.165, 1.54) is 29.5 Å². The summed E-state index contributed by atoms with van der Waals surface area (Å²) < 4.78 is 5.38. The molecule has 2 aromatic rings. The molecular weight excluding hydrogens is 336 g/mol. The molecule has 4 heteroatoms. The number of benzene rings is 2. The highest BCUT2D eigenvalue weighted by Gasteiger charge is 2.24. The van der Waals surface area contributed by atoms with Gasteiger partial charge in [0.1, 0.15) is 5.75 Å². The van der Waals surface area contributed by atoms with Crippen molar-refractivity contribution in [3.05, 3.63) is 65.2 Å². The second-order valence-electron chi connectivity index (χ2n) is 7.33. The highest BCUT2D eigenvalue weighted by molar-refractivity contribution is 5.76. The van der Waals surface area contributed by atoms with E-state index < -0.39 is 0 Å². The fraction of sp³-hybridized carbons (Fsp3) is 0.435. The summed E-state index contributed by atoms with van der Waals surface area (Å²) >= 11 is 0. The SMILES string of the molecule is COc1cccc(C(CNC(=O)CCc2cccc(C)c2)N2CCCC2)c1. The van der Waals surface area contributed by atoms with Gasteiger partial charge in [-0.05, 0) is 62.5 Å². The standard InChI is InChI=1S/C23H30N2O2/c1-18-7-5-8-19(15-18)11-12-23(26)24-17-22(25-13-3-4-14-25)20-9-6-10-21(16-20)27-2/h5-10,15-16,22H,3-4,11-14,17H2,1-2H3,(H,24,26). The van der Waals surface area contributed by atoms with E-state index in [0.717, 1.165) is 25.3 Å². The molecular formula is C23H30N2O2. The number of ether oxygens (including phenoxy) is 1. The molecule has 1 atom stereocenters. The van der Waals surface area contributed by atoms with Crippen molar-refractivity contribution in [2.45, 2.75) is 38.6 Å². The summed E-state index contributed by atoms with van der Waals surface area (Å²) in [5.74, 6) is 0.978. The van der Waals surface area contributed by atoms with Crippen molar-refractivity contribution < 1.29 is 9.53 Å². The molecule has 0 aliphatic carbocycles. The molecule has 4 nitrogen and oxygen atoms in total. The number of carbonyl (C=O) groups is 1. The number of likely N-dealkylation sites (tertiary alicyclic amines) is 1. The maximum atomic E-state index is 12.4. The summed E-state index contributed by atoms with van der Waals surface area (Å²) in [6, 6.07) is 16.8. The average molecular weight is 367 g/mol. The molecule has 0 radical (unpaired) electrons. The first-order valence-electron chi connectivity index (χ1n) is 9.86. The molecule has 1 saturated heterocycles. The topological polar surface area (TPSA) is 41.6 Å². The summed E-state index contributed by atoms with van der Waals surface area (Å²) in [5.41, 5.74) is 3.66. The van der Waals surface area contributed by atoms with Crippen LogP contribution in [0.25, 0.3) is 0 Å². The molecule has 1 aliphatic heterocycles. The number of aryl methyl sites for hydroxylation is 2. The minimum Gasteiger partial charge on any atom is -0.497 e. The van der Waals surface area contributed by atoms with Crippen LogP contribution in [0.15, 0.2) is 48.5 Å². The van der Waals surface area contributed by atoms with Crippen molar-refractivity contribution in [2.75, 3.05) is 26.7 Å². The van der Waals surface area contributed by atoms with Crippen LogP contribution in [-0.4, -0.2) is 37.6 Å². The Labute approximate surface area is 162 Å². The fourth-order valence-corrected chi connectivity index (χ4v) is 3.78. The smallest absolute Gasteiger partial charge is 0.220 e. The predicted molar refractivity (Wildman–Crippen MR) is 109 cm³/mol. The first-order chi connectivity index (χ1) is 13.2. The Morgan fingerprint density at radius 1 is 1.15 bits per heavy atom. The van der Waals surface area contributed by atoms with Crippen LogP contribution >= 0.6 is 0 Å². The summed E-state index contributed by atoms with van der Waals surface area (Å²) in [4.78, 5) is 14.9. The van der Waals surface area contributed by atoms with Crippen LogP contribution in [0.5, 0.6) is 5.75 Å². The highest BCUT2D eigenvalue weighted by atomic mass is 16.5. The normalized spacial score (nSPS) is 15.5. The highest BCUT2D eigenvalue weighted by Crippen LogP contribution is 2.27. The summed E-state index contributed by atoms with van der Waals surface area (Å²) in [7, 11) is 1.69. The minimum atomic E-state index is 0.114. The molecule has 3 rings (SSSR count). The van der Waals surface area contributed by atoms with Gasteiger partial charge in [-0.3, -0.25) is 9.69 Å². The summed E-state index contributed by atoms with van der Waals surface area (Å²) in [6.07, 6.45) is 3.75. The van der Waals surface area contributed by atoms with Gasteiger partial charge in [0.25, 0.3) is 0 Å². The average Bonchev–Trinajstić information content (AvgIpc) is 3.21. The maximum Gasteiger partial charge on any atom is 0.220 e. The van der Waals surface area contributed by atoms with Gasteiger partial charge in [0.15, 0.2) is 0 Å². The van der Waals surface area contributed by atoms with Gasteiger partial charge in [-0.1, -0.05) is 42.0 Å². The quantitative estimate of drug-likeness (QED) is 0.771. The lowest BCUT2D eigenvalue weighted by atomic mass is 10.0. The fourth-order valence-electron chi connectivity index (χ4n) is 3.78. The van der Waals surface area contributed by atoms with Crippen molar-refractivity contribution in [2.24, 2.45) is 0 Å². The molecule has 0 spiro atoms. The van der Waals surface area contributed by atoms with E-state index in [0.29, 0.717) is 13.0 Å². The lowest BCUT2D eigenvalue weighted by Gasteiger charge is -2.28. The first kappa shape index (κ1) is 19.4. The second-order valence-corrected chi connectivity index (χ2v) is 7.33. The molecule has 1 fully saturated rings. The van der Waals surface area contributed by atoms with Gasteiger partial charge in [-0.15, -0.1) is 0 Å². The lowest BCUT2D eigenvalue weighted by Crippen LogP contribution is -2.36. The van der Waals surface area contributed by atoms with Crippen LogP contribution < -0.4 is 10.1 Å². The van der Waals surface area contributed by atoms with Crippen molar-refractivity contribution in [1.29, 1.82) is 0 Å². The van der Waals surface area contributed by atoms with Gasteiger partial charge >= 0.3 is 0 Å². The molecule has 0 aromatic heterocycles. The second kappa shape index (κ2) is 9.56. The van der Waals surface area contributed by atoms with E-state index in [1.54, 1.807) is 7.11 Å². The van der Waals surface area contributed by atoms with E-state index in [2.05, 4.69) is 53.5 Å². The number of rotatable bonds is 8. The largest absolute Gasteiger partial charge is 0.497 e. The van der Waals surface area contributed by atoms with Gasteiger partial charge in [-0.2, -0.15) is 0 Å². The number of nitrogens with zero attached hydrogens (tertiary/aromatic N) is 1. The van der Waals surface area contributed by atoms with E-state index in [4.69, 9.17) is 4.74 Å². The Balaban J connectivity index is 1.59. The number of methoxy groups -OCH3 is 1. The van der Waals surface area contributed by atoms with Gasteiger partial charge in [-0.25, -0.2) is 0 Å². The third-order valence-electron chi connectivity index (χ3n) is 5.28. The number of carbonyl (C=O) groups excluding carboxylic acids is 1. The van der Waals surface area contributed by atoms with Crippen LogP contribution in [0, 0.1) is 6.92 Å². The molecule has 1 aliphatic rings. The van der Waals surface area contributed by atoms with Crippen LogP contribution in [0.2, 0.25) is 0 Å². The van der Waals surface area contributed by atoms with E-state index in [1.807, 2.05) is 12.1 Å². The van der Waals surface area contributed by atoms with Crippen LogP contribution in [-0.2, 0) is 11.2 Å². The third-order valence-corrected chi connectivity index (χ3v) is 5.28. The van der Waals surface area contributed by atoms with E-state index in [9.17, 15) is 4.79 Å². The monoisotopic (exact) mass is 366 g/mol. The zero-order valence-electron chi connectivity index (χ0n) is 16.4. The predicted octanol–water partition coefficient (Wildman–Crippen LogP) is 3.89. The van der Waals surface area contributed by atoms with Crippen molar-refractivity contribution in [1.82, 2.24) is 10.2 Å². The van der Waals surface area contributed by atoms with Crippen LogP contribution in [0.1, 0.15) is 42.0 Å². The number of hydrogen-bond acceptors (Lipinski definition) is 3. The molecule has 1 N–H and O–H groups in total. The van der Waals surface area contributed by atoms with Crippen LogP contribution in [0.3, 0.4) is 0 Å². The van der Waals surface area contributed by atoms with Crippen LogP contribution in [0.4, 0.5) is 0 Å². The molecule has 1 amide bonds. The zero-order valence-corrected chi connectivity index (χ0v) is 16.4.